The molecule has 2 rings (SSSR count). The number of nitrogens with zero attached hydrogens (tertiary/aromatic N) is 2. The van der Waals surface area contributed by atoms with Gasteiger partial charge >= 0.3 is 0 Å². The number of hydrogen-bond acceptors (Lipinski definition) is 3. The smallest absolute Gasteiger partial charge is 0.225 e. The van der Waals surface area contributed by atoms with E-state index in [2.05, 4.69) is 36.1 Å². The molecule has 2 unspecified atom stereocenters. The highest BCUT2D eigenvalue weighted by Gasteiger charge is 2.36. The molecule has 1 amide bonds. The predicted octanol–water partition coefficient (Wildman–Crippen LogP) is 0.395. The molecular weight excluding hydrogens is 214 g/mol. The van der Waals surface area contributed by atoms with Crippen LogP contribution >= 0.6 is 0 Å². The second-order valence-electron chi connectivity index (χ2n) is 5.78. The van der Waals surface area contributed by atoms with Crippen LogP contribution in [0, 0.1) is 11.8 Å². The van der Waals surface area contributed by atoms with Crippen molar-refractivity contribution in [3.8, 4) is 0 Å². The molecule has 4 heteroatoms. The standard InChI is InChI=1S/C13H25N3O/c1-10-8-16(9-12(10)15(2)3)13(17)11-4-6-14-7-5-11/h10-12,14H,4-9H2,1-3H3. The van der Waals surface area contributed by atoms with Crippen molar-refractivity contribution in [2.45, 2.75) is 25.8 Å². The van der Waals surface area contributed by atoms with Crippen LogP contribution in [0.5, 0.6) is 0 Å². The minimum Gasteiger partial charge on any atom is -0.341 e. The van der Waals surface area contributed by atoms with Gasteiger partial charge in [-0.25, -0.2) is 0 Å². The molecule has 0 aliphatic carbocycles. The third-order valence-electron chi connectivity index (χ3n) is 4.24. The normalized spacial score (nSPS) is 31.2. The Bertz CT molecular complexity index is 274. The Morgan fingerprint density at radius 2 is 1.88 bits per heavy atom. The summed E-state index contributed by atoms with van der Waals surface area (Å²) < 4.78 is 0. The first kappa shape index (κ1) is 12.8. The van der Waals surface area contributed by atoms with E-state index in [-0.39, 0.29) is 5.92 Å². The van der Waals surface area contributed by atoms with Crippen LogP contribution in [0.2, 0.25) is 0 Å². The van der Waals surface area contributed by atoms with Crippen LogP contribution in [-0.2, 0) is 4.79 Å². The lowest BCUT2D eigenvalue weighted by atomic mass is 9.97. The maximum Gasteiger partial charge on any atom is 0.225 e. The van der Waals surface area contributed by atoms with Crippen LogP contribution in [0.1, 0.15) is 19.8 Å². The molecular formula is C13H25N3O. The minimum absolute atomic E-state index is 0.268. The number of likely N-dealkylation sites (tertiary alicyclic amines) is 1. The Kier molecular flexibility index (Phi) is 4.05. The molecule has 0 aromatic heterocycles. The molecule has 2 aliphatic heterocycles. The number of piperidine rings is 1. The van der Waals surface area contributed by atoms with Gasteiger partial charge in [-0.1, -0.05) is 6.92 Å². The zero-order valence-electron chi connectivity index (χ0n) is 11.3. The summed E-state index contributed by atoms with van der Waals surface area (Å²) >= 11 is 0. The number of carbonyl (C=O) groups is 1. The van der Waals surface area contributed by atoms with Crippen LogP contribution in [-0.4, -0.2) is 62.0 Å². The van der Waals surface area contributed by atoms with Gasteiger partial charge in [-0.05, 0) is 45.9 Å². The number of hydrogen-bond donors (Lipinski definition) is 1. The molecule has 0 aromatic carbocycles. The van der Waals surface area contributed by atoms with Gasteiger partial charge in [0.1, 0.15) is 0 Å². The summed E-state index contributed by atoms with van der Waals surface area (Å²) in [6.07, 6.45) is 2.02. The lowest BCUT2D eigenvalue weighted by molar-refractivity contribution is -0.135. The van der Waals surface area contributed by atoms with Gasteiger partial charge in [-0.2, -0.15) is 0 Å². The second kappa shape index (κ2) is 5.36. The Labute approximate surface area is 104 Å². The van der Waals surface area contributed by atoms with E-state index in [1.165, 1.54) is 0 Å². The van der Waals surface area contributed by atoms with Crippen molar-refractivity contribution in [2.24, 2.45) is 11.8 Å². The van der Waals surface area contributed by atoms with Gasteiger partial charge < -0.3 is 15.1 Å². The largest absolute Gasteiger partial charge is 0.341 e. The van der Waals surface area contributed by atoms with Gasteiger partial charge in [0.2, 0.25) is 5.91 Å². The van der Waals surface area contributed by atoms with Crippen LogP contribution in [0.3, 0.4) is 0 Å². The van der Waals surface area contributed by atoms with Gasteiger partial charge in [-0.3, -0.25) is 4.79 Å². The molecule has 0 saturated carbocycles. The molecule has 4 nitrogen and oxygen atoms in total. The summed E-state index contributed by atoms with van der Waals surface area (Å²) in [5.74, 6) is 1.25. The van der Waals surface area contributed by atoms with Crippen molar-refractivity contribution in [1.82, 2.24) is 15.1 Å². The number of amides is 1. The summed E-state index contributed by atoms with van der Waals surface area (Å²) in [7, 11) is 4.22. The number of rotatable bonds is 2. The van der Waals surface area contributed by atoms with Crippen LogP contribution in [0.25, 0.3) is 0 Å². The van der Waals surface area contributed by atoms with E-state index in [1.807, 2.05) is 0 Å². The van der Waals surface area contributed by atoms with Gasteiger partial charge in [0.15, 0.2) is 0 Å². The molecule has 0 bridgehead atoms. The van der Waals surface area contributed by atoms with Crippen molar-refractivity contribution in [3.63, 3.8) is 0 Å². The Morgan fingerprint density at radius 3 is 2.41 bits per heavy atom. The molecule has 0 aromatic rings. The highest BCUT2D eigenvalue weighted by molar-refractivity contribution is 5.79. The number of carbonyl (C=O) groups excluding carboxylic acids is 1. The lowest BCUT2D eigenvalue weighted by Gasteiger charge is -2.27. The van der Waals surface area contributed by atoms with Crippen LogP contribution < -0.4 is 5.32 Å². The van der Waals surface area contributed by atoms with Crippen molar-refractivity contribution in [1.29, 1.82) is 0 Å². The Hall–Kier alpha value is -0.610. The molecule has 1 N–H and O–H groups in total. The highest BCUT2D eigenvalue weighted by atomic mass is 16.2. The summed E-state index contributed by atoms with van der Waals surface area (Å²) in [5.41, 5.74) is 0. The van der Waals surface area contributed by atoms with Crippen LogP contribution in [0.15, 0.2) is 0 Å². The second-order valence-corrected chi connectivity index (χ2v) is 5.78. The first-order valence-electron chi connectivity index (χ1n) is 6.75. The molecule has 0 radical (unpaired) electrons. The maximum atomic E-state index is 12.4. The fourth-order valence-electron chi connectivity index (χ4n) is 3.13. The fraction of sp³-hybridized carbons (Fsp3) is 0.923. The first-order valence-corrected chi connectivity index (χ1v) is 6.75. The van der Waals surface area contributed by atoms with E-state index in [0.717, 1.165) is 39.0 Å². The minimum atomic E-state index is 0.268. The van der Waals surface area contributed by atoms with Crippen molar-refractivity contribution in [2.75, 3.05) is 40.3 Å². The molecule has 2 fully saturated rings. The third-order valence-corrected chi connectivity index (χ3v) is 4.24. The summed E-state index contributed by atoms with van der Waals surface area (Å²) in [5, 5.41) is 3.32. The van der Waals surface area contributed by atoms with E-state index in [9.17, 15) is 4.79 Å². The third kappa shape index (κ3) is 2.80. The SMILES string of the molecule is CC1CN(C(=O)C2CCNCC2)CC1N(C)C. The summed E-state index contributed by atoms with van der Waals surface area (Å²) in [4.78, 5) is 16.7. The van der Waals surface area contributed by atoms with Crippen molar-refractivity contribution < 1.29 is 4.79 Å². The Balaban J connectivity index is 1.92. The van der Waals surface area contributed by atoms with Gasteiger partial charge in [0, 0.05) is 25.0 Å². The average molecular weight is 239 g/mol. The fourth-order valence-corrected chi connectivity index (χ4v) is 3.13. The predicted molar refractivity (Wildman–Crippen MR) is 68.8 cm³/mol. The maximum absolute atomic E-state index is 12.4. The monoisotopic (exact) mass is 239 g/mol. The van der Waals surface area contributed by atoms with E-state index in [4.69, 9.17) is 0 Å². The van der Waals surface area contributed by atoms with Crippen LogP contribution in [0.4, 0.5) is 0 Å². The molecule has 0 spiro atoms. The summed E-state index contributed by atoms with van der Waals surface area (Å²) in [6.45, 7) is 6.09. The van der Waals surface area contributed by atoms with E-state index < -0.39 is 0 Å². The number of nitrogens with one attached hydrogen (secondary N) is 1. The van der Waals surface area contributed by atoms with Crippen molar-refractivity contribution in [3.05, 3.63) is 0 Å². The van der Waals surface area contributed by atoms with Gasteiger partial charge in [-0.15, -0.1) is 0 Å². The van der Waals surface area contributed by atoms with Crippen molar-refractivity contribution >= 4 is 5.91 Å². The molecule has 2 saturated heterocycles. The summed E-state index contributed by atoms with van der Waals surface area (Å²) in [6, 6.07) is 0.528. The van der Waals surface area contributed by atoms with E-state index in [1.54, 1.807) is 0 Å². The Morgan fingerprint density at radius 1 is 1.24 bits per heavy atom. The quantitative estimate of drug-likeness (QED) is 0.757. The highest BCUT2D eigenvalue weighted by Crippen LogP contribution is 2.24. The zero-order valence-corrected chi connectivity index (χ0v) is 11.3. The molecule has 2 aliphatic rings. The molecule has 2 atom stereocenters. The molecule has 2 heterocycles. The molecule has 17 heavy (non-hydrogen) atoms. The number of likely N-dealkylation sites (N-methyl/N-ethyl adjacent to an activating group) is 1. The zero-order chi connectivity index (χ0) is 12.4. The van der Waals surface area contributed by atoms with Gasteiger partial charge in [0.05, 0.1) is 0 Å². The topological polar surface area (TPSA) is 35.6 Å². The molecule has 98 valence electrons. The lowest BCUT2D eigenvalue weighted by Crippen LogP contribution is -2.41. The van der Waals surface area contributed by atoms with E-state index in [0.29, 0.717) is 17.9 Å². The van der Waals surface area contributed by atoms with E-state index >= 15 is 0 Å². The van der Waals surface area contributed by atoms with Gasteiger partial charge in [0.25, 0.3) is 0 Å². The first-order chi connectivity index (χ1) is 8.09. The average Bonchev–Trinajstić information content (AvgIpc) is 2.71.